The first kappa shape index (κ1) is 20.9. The Morgan fingerprint density at radius 2 is 1.94 bits per heavy atom. The zero-order valence-corrected chi connectivity index (χ0v) is 18.6. The molecule has 5 rings (SSSR count). The van der Waals surface area contributed by atoms with Gasteiger partial charge in [0.15, 0.2) is 0 Å². The van der Waals surface area contributed by atoms with E-state index in [1.165, 1.54) is 16.7 Å². The molecule has 166 valence electrons. The summed E-state index contributed by atoms with van der Waals surface area (Å²) < 4.78 is 14.6. The highest BCUT2D eigenvalue weighted by Gasteiger charge is 2.26. The van der Waals surface area contributed by atoms with Crippen LogP contribution < -0.4 is 4.90 Å². The number of allylic oxidation sites excluding steroid dienone is 2. The first-order chi connectivity index (χ1) is 15.7. The monoisotopic (exact) mass is 452 g/mol. The molecule has 1 aromatic heterocycles. The van der Waals surface area contributed by atoms with Gasteiger partial charge in [0.1, 0.15) is 12.5 Å². The molecule has 1 aromatic carbocycles. The molecule has 0 radical (unpaired) electrons. The molecule has 32 heavy (non-hydrogen) atoms. The maximum atomic E-state index is 14.6. The molecule has 0 atom stereocenters. The van der Waals surface area contributed by atoms with Crippen molar-refractivity contribution in [2.24, 2.45) is 4.99 Å². The number of aliphatic imine (C=N–C) groups is 1. The highest BCUT2D eigenvalue weighted by atomic mass is 32.2. The van der Waals surface area contributed by atoms with Gasteiger partial charge in [-0.3, -0.25) is 9.79 Å². The summed E-state index contributed by atoms with van der Waals surface area (Å²) in [6.07, 6.45) is 7.58. The molecule has 1 amide bonds. The lowest BCUT2D eigenvalue weighted by atomic mass is 10.1. The molecule has 7 nitrogen and oxygen atoms in total. The molecular weight excluding hydrogens is 427 g/mol. The molecule has 0 unspecified atom stereocenters. The molecule has 3 aliphatic rings. The Morgan fingerprint density at radius 3 is 2.75 bits per heavy atom. The molecular formula is C23H25FN6OS. The maximum absolute atomic E-state index is 14.6. The van der Waals surface area contributed by atoms with Gasteiger partial charge in [-0.2, -0.15) is 0 Å². The number of anilines is 1. The van der Waals surface area contributed by atoms with E-state index in [1.54, 1.807) is 35.5 Å². The average Bonchev–Trinajstić information content (AvgIpc) is 2.86. The van der Waals surface area contributed by atoms with Crippen LogP contribution in [0.5, 0.6) is 0 Å². The van der Waals surface area contributed by atoms with E-state index in [-0.39, 0.29) is 11.5 Å². The van der Waals surface area contributed by atoms with Crippen molar-refractivity contribution in [3.63, 3.8) is 0 Å². The molecule has 0 bridgehead atoms. The smallest absolute Gasteiger partial charge is 0.256 e. The van der Waals surface area contributed by atoms with Crippen LogP contribution in [0.3, 0.4) is 0 Å². The lowest BCUT2D eigenvalue weighted by Crippen LogP contribution is -2.49. The molecule has 1 saturated heterocycles. The van der Waals surface area contributed by atoms with Crippen LogP contribution in [0, 0.1) is 5.82 Å². The fourth-order valence-electron chi connectivity index (χ4n) is 4.30. The van der Waals surface area contributed by atoms with Gasteiger partial charge in [-0.15, -0.1) is 11.8 Å². The zero-order chi connectivity index (χ0) is 21.9. The summed E-state index contributed by atoms with van der Waals surface area (Å²) in [5, 5.41) is 0. The summed E-state index contributed by atoms with van der Waals surface area (Å²) in [7, 11) is 0. The van der Waals surface area contributed by atoms with Gasteiger partial charge in [0.25, 0.3) is 5.91 Å². The average molecular weight is 453 g/mol. The fourth-order valence-corrected chi connectivity index (χ4v) is 5.35. The summed E-state index contributed by atoms with van der Waals surface area (Å²) in [6.45, 7) is 3.49. The summed E-state index contributed by atoms with van der Waals surface area (Å²) in [4.78, 5) is 33.4. The van der Waals surface area contributed by atoms with Crippen LogP contribution in [-0.4, -0.2) is 70.5 Å². The van der Waals surface area contributed by atoms with E-state index in [0.29, 0.717) is 45.3 Å². The molecule has 2 aromatic rings. The van der Waals surface area contributed by atoms with Gasteiger partial charge >= 0.3 is 0 Å². The van der Waals surface area contributed by atoms with Crippen LogP contribution in [-0.2, 0) is 6.54 Å². The van der Waals surface area contributed by atoms with Crippen LogP contribution >= 0.6 is 11.8 Å². The van der Waals surface area contributed by atoms with Gasteiger partial charge in [-0.05, 0) is 42.4 Å². The highest BCUT2D eigenvalue weighted by Crippen LogP contribution is 2.33. The van der Waals surface area contributed by atoms with Crippen molar-refractivity contribution >= 4 is 29.8 Å². The predicted octanol–water partition coefficient (Wildman–Crippen LogP) is 3.16. The van der Waals surface area contributed by atoms with Gasteiger partial charge in [0, 0.05) is 61.9 Å². The lowest BCUT2D eigenvalue weighted by molar-refractivity contribution is 0.0741. The molecule has 0 saturated carbocycles. The maximum Gasteiger partial charge on any atom is 0.256 e. The third-order valence-electron chi connectivity index (χ3n) is 5.98. The van der Waals surface area contributed by atoms with Crippen molar-refractivity contribution in [1.82, 2.24) is 19.8 Å². The van der Waals surface area contributed by atoms with Gasteiger partial charge in [-0.25, -0.2) is 14.4 Å². The number of hydrogen-bond donors (Lipinski definition) is 0. The Hall–Kier alpha value is -2.94. The number of carbonyl (C=O) groups excluding carboxylic acids is 1. The Morgan fingerprint density at radius 1 is 1.12 bits per heavy atom. The van der Waals surface area contributed by atoms with E-state index in [2.05, 4.69) is 19.9 Å². The second-order valence-electron chi connectivity index (χ2n) is 8.06. The summed E-state index contributed by atoms with van der Waals surface area (Å²) in [6, 6.07) is 6.67. The quantitative estimate of drug-likeness (QED) is 0.710. The molecule has 1 fully saturated rings. The number of aromatic nitrogens is 2. The number of rotatable bonds is 4. The fraction of sp³-hybridized carbons (Fsp3) is 0.391. The number of piperazine rings is 1. The minimum atomic E-state index is -0.475. The van der Waals surface area contributed by atoms with Crippen molar-refractivity contribution in [3.05, 3.63) is 64.2 Å². The number of amides is 1. The third kappa shape index (κ3) is 4.34. The Kier molecular flexibility index (Phi) is 6.07. The van der Waals surface area contributed by atoms with Crippen LogP contribution in [0.25, 0.3) is 0 Å². The SMILES string of the molecule is O=C(c1cc(CN2CN=CC3=C2CCCS3)ccc1F)N1CCN(c2ncccn2)CC1. The Bertz CT molecular complexity index is 1050. The van der Waals surface area contributed by atoms with E-state index >= 15 is 0 Å². The standard InChI is InChI=1S/C23H25FN6OS/c24-19-5-4-17(15-30-16-25-14-21-20(30)3-1-12-32-21)13-18(19)22(31)28-8-10-29(11-9-28)23-26-6-2-7-27-23/h2,4-7,13-14H,1,3,8-12,15-16H2. The van der Waals surface area contributed by atoms with E-state index in [4.69, 9.17) is 0 Å². The number of nitrogens with zero attached hydrogens (tertiary/aromatic N) is 6. The number of benzene rings is 1. The zero-order valence-electron chi connectivity index (χ0n) is 17.8. The van der Waals surface area contributed by atoms with Crippen molar-refractivity contribution in [1.29, 1.82) is 0 Å². The van der Waals surface area contributed by atoms with E-state index in [9.17, 15) is 9.18 Å². The molecule has 0 aliphatic carbocycles. The predicted molar refractivity (Wildman–Crippen MR) is 124 cm³/mol. The molecule has 0 spiro atoms. The number of hydrogen-bond acceptors (Lipinski definition) is 7. The van der Waals surface area contributed by atoms with Gasteiger partial charge in [0.2, 0.25) is 5.95 Å². The normalized spacial score (nSPS) is 18.7. The minimum Gasteiger partial charge on any atom is -0.350 e. The second-order valence-corrected chi connectivity index (χ2v) is 9.19. The third-order valence-corrected chi connectivity index (χ3v) is 7.12. The molecule has 0 N–H and O–H groups in total. The molecule has 9 heteroatoms. The first-order valence-electron chi connectivity index (χ1n) is 10.9. The van der Waals surface area contributed by atoms with Crippen molar-refractivity contribution in [2.45, 2.75) is 19.4 Å². The van der Waals surface area contributed by atoms with E-state index in [1.807, 2.05) is 22.9 Å². The largest absolute Gasteiger partial charge is 0.350 e. The minimum absolute atomic E-state index is 0.139. The number of carbonyl (C=O) groups is 1. The van der Waals surface area contributed by atoms with E-state index in [0.717, 1.165) is 24.2 Å². The summed E-state index contributed by atoms with van der Waals surface area (Å²) >= 11 is 1.84. The number of halogens is 1. The molecule has 4 heterocycles. The van der Waals surface area contributed by atoms with Gasteiger partial charge in [0.05, 0.1) is 5.56 Å². The van der Waals surface area contributed by atoms with Crippen LogP contribution in [0.4, 0.5) is 10.3 Å². The Labute approximate surface area is 191 Å². The van der Waals surface area contributed by atoms with E-state index < -0.39 is 5.82 Å². The first-order valence-corrected chi connectivity index (χ1v) is 11.9. The Balaban J connectivity index is 1.27. The number of thioether (sulfide) groups is 1. The van der Waals surface area contributed by atoms with Crippen LogP contribution in [0.15, 0.2) is 52.3 Å². The lowest BCUT2D eigenvalue weighted by Gasteiger charge is -2.35. The van der Waals surface area contributed by atoms with Crippen molar-refractivity contribution < 1.29 is 9.18 Å². The van der Waals surface area contributed by atoms with Gasteiger partial charge < -0.3 is 14.7 Å². The summed E-state index contributed by atoms with van der Waals surface area (Å²) in [5.41, 5.74) is 2.37. The topological polar surface area (TPSA) is 64.9 Å². The van der Waals surface area contributed by atoms with Crippen molar-refractivity contribution in [2.75, 3.05) is 43.5 Å². The van der Waals surface area contributed by atoms with Crippen LogP contribution in [0.2, 0.25) is 0 Å². The van der Waals surface area contributed by atoms with Gasteiger partial charge in [-0.1, -0.05) is 6.07 Å². The molecule has 3 aliphatic heterocycles. The second kappa shape index (κ2) is 9.28. The summed E-state index contributed by atoms with van der Waals surface area (Å²) in [5.74, 6) is 1.05. The van der Waals surface area contributed by atoms with Crippen molar-refractivity contribution in [3.8, 4) is 0 Å². The van der Waals surface area contributed by atoms with Crippen LogP contribution in [0.1, 0.15) is 28.8 Å². The highest BCUT2D eigenvalue weighted by molar-refractivity contribution is 8.03.